The van der Waals surface area contributed by atoms with E-state index in [4.69, 9.17) is 10.5 Å². The smallest absolute Gasteiger partial charge is 0.125 e. The van der Waals surface area contributed by atoms with E-state index in [0.29, 0.717) is 0 Å². The van der Waals surface area contributed by atoms with Gasteiger partial charge in [0.2, 0.25) is 0 Å². The molecule has 0 radical (unpaired) electrons. The molecule has 1 aliphatic carbocycles. The minimum atomic E-state index is -0.871. The molecule has 0 amide bonds. The summed E-state index contributed by atoms with van der Waals surface area (Å²) in [5.41, 5.74) is 7.89. The number of aliphatic hydroxyl groups is 1. The average molecular weight is 304 g/mol. The van der Waals surface area contributed by atoms with E-state index >= 15 is 0 Å². The Labute approximate surface area is 133 Å². The normalized spacial score (nSPS) is 28.6. The second-order valence-electron chi connectivity index (χ2n) is 7.62. The Morgan fingerprint density at radius 1 is 1.27 bits per heavy atom. The van der Waals surface area contributed by atoms with E-state index in [1.165, 1.54) is 0 Å². The Morgan fingerprint density at radius 3 is 2.50 bits per heavy atom. The molecule has 4 nitrogen and oxygen atoms in total. The van der Waals surface area contributed by atoms with Crippen LogP contribution in [-0.2, 0) is 12.0 Å². The molecule has 1 aliphatic heterocycles. The summed E-state index contributed by atoms with van der Waals surface area (Å²) in [5.74, 6) is 1.02. The SMILES string of the molecule is COc1ccc(N)c2c1C(O)(C1CCN(C)CC1)C(C)(C)C2. The quantitative estimate of drug-likeness (QED) is 0.824. The highest BCUT2D eigenvalue weighted by Crippen LogP contribution is 2.59. The molecule has 1 heterocycles. The highest BCUT2D eigenvalue weighted by atomic mass is 16.5. The number of piperidine rings is 1. The third-order valence-corrected chi connectivity index (χ3v) is 5.87. The van der Waals surface area contributed by atoms with Crippen molar-refractivity contribution < 1.29 is 9.84 Å². The number of fused-ring (bicyclic) bond motifs is 1. The molecule has 1 saturated heterocycles. The number of hydrogen-bond acceptors (Lipinski definition) is 4. The molecule has 1 fully saturated rings. The Hall–Kier alpha value is -1.26. The van der Waals surface area contributed by atoms with Crippen LogP contribution in [0, 0.1) is 11.3 Å². The lowest BCUT2D eigenvalue weighted by molar-refractivity contribution is -0.122. The third-order valence-electron chi connectivity index (χ3n) is 5.87. The average Bonchev–Trinajstić information content (AvgIpc) is 2.70. The van der Waals surface area contributed by atoms with Crippen molar-refractivity contribution in [1.29, 1.82) is 0 Å². The van der Waals surface area contributed by atoms with Gasteiger partial charge in [0, 0.05) is 16.7 Å². The zero-order chi connectivity index (χ0) is 16.1. The van der Waals surface area contributed by atoms with Gasteiger partial charge in [0.15, 0.2) is 0 Å². The van der Waals surface area contributed by atoms with Crippen molar-refractivity contribution in [3.8, 4) is 5.75 Å². The fraction of sp³-hybridized carbons (Fsp3) is 0.667. The minimum absolute atomic E-state index is 0.237. The summed E-state index contributed by atoms with van der Waals surface area (Å²) in [7, 11) is 3.82. The number of nitrogen functional groups attached to an aromatic ring is 1. The van der Waals surface area contributed by atoms with Gasteiger partial charge in [-0.05, 0) is 63.0 Å². The number of nitrogens with zero attached hydrogens (tertiary/aromatic N) is 1. The molecule has 0 saturated carbocycles. The molecular formula is C18H28N2O2. The number of benzene rings is 1. The summed E-state index contributed by atoms with van der Waals surface area (Å²) < 4.78 is 5.59. The zero-order valence-corrected chi connectivity index (χ0v) is 14.1. The van der Waals surface area contributed by atoms with Crippen molar-refractivity contribution in [2.75, 3.05) is 33.0 Å². The Kier molecular flexibility index (Phi) is 3.65. The molecule has 0 bridgehead atoms. The van der Waals surface area contributed by atoms with Crippen molar-refractivity contribution in [2.24, 2.45) is 11.3 Å². The number of methoxy groups -OCH3 is 1. The summed E-state index contributed by atoms with van der Waals surface area (Å²) >= 11 is 0. The molecule has 22 heavy (non-hydrogen) atoms. The monoisotopic (exact) mass is 304 g/mol. The van der Waals surface area contributed by atoms with E-state index in [2.05, 4.69) is 25.8 Å². The molecule has 1 aromatic carbocycles. The molecule has 1 aromatic rings. The van der Waals surface area contributed by atoms with Gasteiger partial charge in [-0.15, -0.1) is 0 Å². The first-order chi connectivity index (χ1) is 10.3. The molecule has 0 spiro atoms. The molecule has 0 aromatic heterocycles. The van der Waals surface area contributed by atoms with Crippen molar-refractivity contribution >= 4 is 5.69 Å². The number of anilines is 1. The molecule has 2 aliphatic rings. The number of nitrogens with two attached hydrogens (primary N) is 1. The van der Waals surface area contributed by atoms with Gasteiger partial charge in [-0.2, -0.15) is 0 Å². The van der Waals surface area contributed by atoms with Crippen LogP contribution in [0.1, 0.15) is 37.8 Å². The summed E-state index contributed by atoms with van der Waals surface area (Å²) in [6.45, 7) is 6.38. The standard InChI is InChI=1S/C18H28N2O2/c1-17(2)11-13-14(19)5-6-15(22-4)16(13)18(17,21)12-7-9-20(3)10-8-12/h5-6,12,21H,7-11,19H2,1-4H3. The van der Waals surface area contributed by atoms with Gasteiger partial charge >= 0.3 is 0 Å². The number of hydrogen-bond donors (Lipinski definition) is 2. The lowest BCUT2D eigenvalue weighted by Crippen LogP contribution is -2.49. The maximum atomic E-state index is 11.9. The lowest BCUT2D eigenvalue weighted by Gasteiger charge is -2.46. The van der Waals surface area contributed by atoms with Crippen LogP contribution in [0.15, 0.2) is 12.1 Å². The van der Waals surface area contributed by atoms with Crippen LogP contribution in [0.4, 0.5) is 5.69 Å². The summed E-state index contributed by atoms with van der Waals surface area (Å²) in [4.78, 5) is 2.33. The van der Waals surface area contributed by atoms with Crippen LogP contribution < -0.4 is 10.5 Å². The molecule has 1 unspecified atom stereocenters. The molecular weight excluding hydrogens is 276 g/mol. The van der Waals surface area contributed by atoms with Gasteiger partial charge in [0.25, 0.3) is 0 Å². The predicted octanol–water partition coefficient (Wildman–Crippen LogP) is 2.39. The molecule has 3 N–H and O–H groups in total. The molecule has 122 valence electrons. The first-order valence-electron chi connectivity index (χ1n) is 8.18. The lowest BCUT2D eigenvalue weighted by atomic mass is 9.65. The maximum absolute atomic E-state index is 11.9. The van der Waals surface area contributed by atoms with E-state index in [1.807, 2.05) is 12.1 Å². The fourth-order valence-corrected chi connectivity index (χ4v) is 4.52. The predicted molar refractivity (Wildman–Crippen MR) is 89.0 cm³/mol. The van der Waals surface area contributed by atoms with Gasteiger partial charge in [-0.3, -0.25) is 0 Å². The van der Waals surface area contributed by atoms with Gasteiger partial charge < -0.3 is 20.5 Å². The summed E-state index contributed by atoms with van der Waals surface area (Å²) in [6.07, 6.45) is 2.82. The molecule has 4 heteroatoms. The number of likely N-dealkylation sites (tertiary alicyclic amines) is 1. The fourth-order valence-electron chi connectivity index (χ4n) is 4.52. The highest BCUT2D eigenvalue weighted by Gasteiger charge is 2.57. The number of rotatable bonds is 2. The Morgan fingerprint density at radius 2 is 1.91 bits per heavy atom. The van der Waals surface area contributed by atoms with Gasteiger partial charge in [-0.1, -0.05) is 13.8 Å². The third kappa shape index (κ3) is 2.04. The minimum Gasteiger partial charge on any atom is -0.496 e. The zero-order valence-electron chi connectivity index (χ0n) is 14.1. The van der Waals surface area contributed by atoms with Crippen LogP contribution in [-0.4, -0.2) is 37.3 Å². The van der Waals surface area contributed by atoms with Gasteiger partial charge in [0.05, 0.1) is 7.11 Å². The van der Waals surface area contributed by atoms with Crippen molar-refractivity contribution in [1.82, 2.24) is 4.90 Å². The van der Waals surface area contributed by atoms with Crippen molar-refractivity contribution in [3.63, 3.8) is 0 Å². The van der Waals surface area contributed by atoms with Crippen LogP contribution in [0.3, 0.4) is 0 Å². The van der Waals surface area contributed by atoms with Crippen molar-refractivity contribution in [3.05, 3.63) is 23.3 Å². The second kappa shape index (κ2) is 5.14. The Bertz CT molecular complexity index is 577. The molecule has 3 rings (SSSR count). The van der Waals surface area contributed by atoms with Crippen LogP contribution in [0.25, 0.3) is 0 Å². The first-order valence-corrected chi connectivity index (χ1v) is 8.18. The Balaban J connectivity index is 2.13. The highest BCUT2D eigenvalue weighted by molar-refractivity contribution is 5.62. The van der Waals surface area contributed by atoms with E-state index in [1.54, 1.807) is 7.11 Å². The van der Waals surface area contributed by atoms with E-state index in [9.17, 15) is 5.11 Å². The largest absolute Gasteiger partial charge is 0.496 e. The van der Waals surface area contributed by atoms with E-state index < -0.39 is 5.60 Å². The first kappa shape index (κ1) is 15.6. The maximum Gasteiger partial charge on any atom is 0.125 e. The van der Waals surface area contributed by atoms with Crippen LogP contribution in [0.5, 0.6) is 5.75 Å². The van der Waals surface area contributed by atoms with E-state index in [0.717, 1.165) is 54.9 Å². The van der Waals surface area contributed by atoms with Crippen molar-refractivity contribution in [2.45, 2.75) is 38.7 Å². The summed E-state index contributed by atoms with van der Waals surface area (Å²) in [6, 6.07) is 3.80. The van der Waals surface area contributed by atoms with E-state index in [-0.39, 0.29) is 11.3 Å². The summed E-state index contributed by atoms with van der Waals surface area (Å²) in [5, 5.41) is 11.9. The van der Waals surface area contributed by atoms with Crippen LogP contribution in [0.2, 0.25) is 0 Å². The second-order valence-corrected chi connectivity index (χ2v) is 7.62. The van der Waals surface area contributed by atoms with Crippen LogP contribution >= 0.6 is 0 Å². The number of ether oxygens (including phenoxy) is 1. The molecule has 1 atom stereocenters. The topological polar surface area (TPSA) is 58.7 Å². The van der Waals surface area contributed by atoms with Gasteiger partial charge in [-0.25, -0.2) is 0 Å². The van der Waals surface area contributed by atoms with Gasteiger partial charge in [0.1, 0.15) is 11.4 Å².